The number of fused-ring (bicyclic) bond motifs is 1. The smallest absolute Gasteiger partial charge is 0.340 e. The van der Waals surface area contributed by atoms with E-state index in [1.807, 2.05) is 0 Å². The van der Waals surface area contributed by atoms with E-state index in [1.54, 1.807) is 41.3 Å². The molecule has 0 bridgehead atoms. The van der Waals surface area contributed by atoms with E-state index >= 15 is 0 Å². The SMILES string of the molecule is COc1ccc(S(=O)(=O)N2CCN(C(=O)[C@H]3CCC(=O)N3[C@H]3OC(=O)c4ccccc43)CC2)cc1. The summed E-state index contributed by atoms with van der Waals surface area (Å²) in [5, 5.41) is 0. The molecule has 5 rings (SSSR count). The van der Waals surface area contributed by atoms with Crippen molar-refractivity contribution in [2.45, 2.75) is 30.0 Å². The summed E-state index contributed by atoms with van der Waals surface area (Å²) in [6.45, 7) is 0.686. The van der Waals surface area contributed by atoms with Crippen LogP contribution >= 0.6 is 0 Å². The maximum atomic E-state index is 13.4. The van der Waals surface area contributed by atoms with Gasteiger partial charge in [0.05, 0.1) is 17.6 Å². The molecular weight excluding hydrogens is 474 g/mol. The Hall–Kier alpha value is -3.44. The third-order valence-corrected chi connectivity index (χ3v) is 8.62. The average molecular weight is 500 g/mol. The molecule has 0 spiro atoms. The van der Waals surface area contributed by atoms with Gasteiger partial charge in [-0.3, -0.25) is 14.5 Å². The third kappa shape index (κ3) is 4.04. The fourth-order valence-electron chi connectivity index (χ4n) is 4.83. The summed E-state index contributed by atoms with van der Waals surface area (Å²) in [5.41, 5.74) is 0.960. The van der Waals surface area contributed by atoms with Crippen molar-refractivity contribution in [2.75, 3.05) is 33.3 Å². The molecule has 11 heteroatoms. The van der Waals surface area contributed by atoms with E-state index < -0.39 is 28.3 Å². The molecule has 184 valence electrons. The van der Waals surface area contributed by atoms with E-state index in [0.29, 0.717) is 23.3 Å². The standard InChI is InChI=1S/C24H25N3O7S/c1-33-16-6-8-17(9-7-16)35(31,32)26-14-12-25(13-15-26)22(29)20-10-11-21(28)27(20)23-18-4-2-3-5-19(18)24(30)34-23/h2-9,20,23H,10-15H2,1H3/t20-,23+/m1/s1. The molecule has 2 saturated heterocycles. The Morgan fingerprint density at radius 2 is 1.69 bits per heavy atom. The van der Waals surface area contributed by atoms with Crippen LogP contribution in [0.4, 0.5) is 0 Å². The number of carbonyl (C=O) groups excluding carboxylic acids is 3. The zero-order valence-electron chi connectivity index (χ0n) is 19.1. The van der Waals surface area contributed by atoms with Gasteiger partial charge in [-0.05, 0) is 36.8 Å². The number of methoxy groups -OCH3 is 1. The lowest BCUT2D eigenvalue weighted by Gasteiger charge is -2.37. The number of rotatable bonds is 5. The van der Waals surface area contributed by atoms with Crippen molar-refractivity contribution in [1.29, 1.82) is 0 Å². The number of amides is 2. The minimum atomic E-state index is -3.71. The summed E-state index contributed by atoms with van der Waals surface area (Å²) in [7, 11) is -2.20. The lowest BCUT2D eigenvalue weighted by Crippen LogP contribution is -2.55. The van der Waals surface area contributed by atoms with Crippen LogP contribution in [0.1, 0.15) is 35.0 Å². The van der Waals surface area contributed by atoms with Crippen LogP contribution < -0.4 is 4.74 Å². The molecule has 0 saturated carbocycles. The van der Waals surface area contributed by atoms with Crippen molar-refractivity contribution in [3.8, 4) is 5.75 Å². The molecular formula is C24H25N3O7S. The molecule has 2 fully saturated rings. The molecule has 3 aliphatic heterocycles. The van der Waals surface area contributed by atoms with E-state index in [2.05, 4.69) is 0 Å². The highest BCUT2D eigenvalue weighted by Crippen LogP contribution is 2.38. The van der Waals surface area contributed by atoms with Crippen molar-refractivity contribution in [2.24, 2.45) is 0 Å². The van der Waals surface area contributed by atoms with Gasteiger partial charge in [0, 0.05) is 38.2 Å². The minimum absolute atomic E-state index is 0.141. The molecule has 0 radical (unpaired) electrons. The summed E-state index contributed by atoms with van der Waals surface area (Å²) in [6.07, 6.45) is -0.434. The first kappa shape index (κ1) is 23.3. The second kappa shape index (κ2) is 8.97. The van der Waals surface area contributed by atoms with E-state index in [4.69, 9.17) is 9.47 Å². The lowest BCUT2D eigenvalue weighted by atomic mass is 10.1. The summed E-state index contributed by atoms with van der Waals surface area (Å²) < 4.78 is 38.0. The maximum Gasteiger partial charge on any atom is 0.340 e. The normalized spacial score (nSPS) is 22.8. The van der Waals surface area contributed by atoms with Gasteiger partial charge in [-0.25, -0.2) is 13.2 Å². The monoisotopic (exact) mass is 499 g/mol. The van der Waals surface area contributed by atoms with Crippen LogP contribution in [-0.2, 0) is 24.3 Å². The zero-order chi connectivity index (χ0) is 24.7. The van der Waals surface area contributed by atoms with Crippen LogP contribution in [0, 0.1) is 0 Å². The van der Waals surface area contributed by atoms with Crippen LogP contribution in [0.5, 0.6) is 5.75 Å². The minimum Gasteiger partial charge on any atom is -0.497 e. The number of nitrogens with zero attached hydrogens (tertiary/aromatic N) is 3. The number of hydrogen-bond donors (Lipinski definition) is 0. The maximum absolute atomic E-state index is 13.4. The van der Waals surface area contributed by atoms with Crippen molar-refractivity contribution in [3.05, 3.63) is 59.7 Å². The number of piperazine rings is 1. The fraction of sp³-hybridized carbons (Fsp3) is 0.375. The summed E-state index contributed by atoms with van der Waals surface area (Å²) in [6, 6.07) is 12.2. The highest BCUT2D eigenvalue weighted by molar-refractivity contribution is 7.89. The van der Waals surface area contributed by atoms with Crippen molar-refractivity contribution >= 4 is 27.8 Å². The number of benzene rings is 2. The Morgan fingerprint density at radius 3 is 2.37 bits per heavy atom. The number of ether oxygens (including phenoxy) is 2. The second-order valence-corrected chi connectivity index (χ2v) is 10.5. The number of sulfonamides is 1. The Kier molecular flexibility index (Phi) is 5.97. The molecule has 2 aromatic rings. The van der Waals surface area contributed by atoms with E-state index in [-0.39, 0.29) is 49.3 Å². The average Bonchev–Trinajstić information content (AvgIpc) is 3.43. The number of likely N-dealkylation sites (tertiary alicyclic amines) is 1. The highest BCUT2D eigenvalue weighted by atomic mass is 32.2. The Bertz CT molecular complexity index is 1270. The van der Waals surface area contributed by atoms with Gasteiger partial charge >= 0.3 is 5.97 Å². The predicted octanol–water partition coefficient (Wildman–Crippen LogP) is 1.39. The number of esters is 1. The molecule has 2 aromatic carbocycles. The topological polar surface area (TPSA) is 114 Å². The molecule has 2 atom stereocenters. The molecule has 0 aromatic heterocycles. The van der Waals surface area contributed by atoms with Crippen molar-refractivity contribution in [3.63, 3.8) is 0 Å². The van der Waals surface area contributed by atoms with Crippen molar-refractivity contribution in [1.82, 2.24) is 14.1 Å². The molecule has 3 heterocycles. The molecule has 0 N–H and O–H groups in total. The van der Waals surface area contributed by atoms with Crippen LogP contribution in [0.25, 0.3) is 0 Å². The molecule has 10 nitrogen and oxygen atoms in total. The number of hydrogen-bond acceptors (Lipinski definition) is 7. The summed E-state index contributed by atoms with van der Waals surface area (Å²) in [5.74, 6) is -0.476. The van der Waals surface area contributed by atoms with Gasteiger partial charge in [0.25, 0.3) is 0 Å². The van der Waals surface area contributed by atoms with Gasteiger partial charge in [-0.1, -0.05) is 18.2 Å². The van der Waals surface area contributed by atoms with E-state index in [9.17, 15) is 22.8 Å². The third-order valence-electron chi connectivity index (χ3n) is 6.71. The van der Waals surface area contributed by atoms with Crippen LogP contribution in [0.2, 0.25) is 0 Å². The Balaban J connectivity index is 1.28. The van der Waals surface area contributed by atoms with Gasteiger partial charge in [-0.15, -0.1) is 0 Å². The van der Waals surface area contributed by atoms with Gasteiger partial charge in [-0.2, -0.15) is 4.31 Å². The molecule has 3 aliphatic rings. The molecule has 0 aliphatic carbocycles. The first-order chi connectivity index (χ1) is 16.8. The highest BCUT2D eigenvalue weighted by Gasteiger charge is 2.47. The first-order valence-corrected chi connectivity index (χ1v) is 12.8. The van der Waals surface area contributed by atoms with Gasteiger partial charge in [0.15, 0.2) is 0 Å². The van der Waals surface area contributed by atoms with Gasteiger partial charge in [0.2, 0.25) is 28.1 Å². The predicted molar refractivity (Wildman–Crippen MR) is 123 cm³/mol. The fourth-order valence-corrected chi connectivity index (χ4v) is 6.25. The molecule has 0 unspecified atom stereocenters. The summed E-state index contributed by atoms with van der Waals surface area (Å²) in [4.78, 5) is 41.5. The zero-order valence-corrected chi connectivity index (χ0v) is 19.9. The molecule has 35 heavy (non-hydrogen) atoms. The number of cyclic esters (lactones) is 1. The van der Waals surface area contributed by atoms with Gasteiger partial charge in [0.1, 0.15) is 11.8 Å². The van der Waals surface area contributed by atoms with E-state index in [0.717, 1.165) is 0 Å². The van der Waals surface area contributed by atoms with Crippen LogP contribution in [0.15, 0.2) is 53.4 Å². The van der Waals surface area contributed by atoms with Crippen LogP contribution in [-0.4, -0.2) is 79.6 Å². The van der Waals surface area contributed by atoms with Crippen molar-refractivity contribution < 1.29 is 32.3 Å². The Labute approximate surface area is 203 Å². The van der Waals surface area contributed by atoms with Crippen LogP contribution in [0.3, 0.4) is 0 Å². The lowest BCUT2D eigenvalue weighted by molar-refractivity contribution is -0.151. The summed E-state index contributed by atoms with van der Waals surface area (Å²) >= 11 is 0. The quantitative estimate of drug-likeness (QED) is 0.571. The Morgan fingerprint density at radius 1 is 1.00 bits per heavy atom. The molecule has 2 amide bonds. The van der Waals surface area contributed by atoms with Gasteiger partial charge < -0.3 is 14.4 Å². The number of carbonyl (C=O) groups is 3. The van der Waals surface area contributed by atoms with E-state index in [1.165, 1.54) is 28.4 Å². The first-order valence-electron chi connectivity index (χ1n) is 11.4. The second-order valence-electron chi connectivity index (χ2n) is 8.61. The largest absolute Gasteiger partial charge is 0.497 e.